The zero-order chi connectivity index (χ0) is 14.6. The smallest absolute Gasteiger partial charge is 0.183 e. The number of anilines is 1. The molecule has 0 saturated heterocycles. The van der Waals surface area contributed by atoms with E-state index in [0.717, 1.165) is 22.9 Å². The Morgan fingerprint density at radius 2 is 1.90 bits per heavy atom. The van der Waals surface area contributed by atoms with Crippen molar-refractivity contribution in [3.05, 3.63) is 35.2 Å². The van der Waals surface area contributed by atoms with Crippen molar-refractivity contribution in [3.8, 4) is 11.3 Å². The third-order valence-corrected chi connectivity index (χ3v) is 3.93. The van der Waals surface area contributed by atoms with Crippen LogP contribution in [0, 0.1) is 0 Å². The van der Waals surface area contributed by atoms with Gasteiger partial charge in [0.1, 0.15) is 0 Å². The highest BCUT2D eigenvalue weighted by Crippen LogP contribution is 2.28. The molecule has 1 heterocycles. The molecule has 3 nitrogen and oxygen atoms in total. The molecular weight excluding hydrogens is 268 g/mol. The summed E-state index contributed by atoms with van der Waals surface area (Å²) >= 11 is 1.63. The summed E-state index contributed by atoms with van der Waals surface area (Å²) in [5, 5.41) is 6.28. The van der Waals surface area contributed by atoms with Gasteiger partial charge in [-0.2, -0.15) is 0 Å². The minimum Gasteiger partial charge on any atom is -0.383 e. The Morgan fingerprint density at radius 3 is 2.50 bits per heavy atom. The lowest BCUT2D eigenvalue weighted by Gasteiger charge is -2.18. The van der Waals surface area contributed by atoms with Crippen LogP contribution < -0.4 is 5.32 Å². The topological polar surface area (TPSA) is 34.1 Å². The van der Waals surface area contributed by atoms with Crippen molar-refractivity contribution in [3.63, 3.8) is 0 Å². The zero-order valence-electron chi connectivity index (χ0n) is 12.6. The minimum atomic E-state index is 0.188. The molecule has 0 bridgehead atoms. The number of hydrogen-bond donors (Lipinski definition) is 1. The average Bonchev–Trinajstić information content (AvgIpc) is 2.87. The van der Waals surface area contributed by atoms with Gasteiger partial charge in [0.05, 0.1) is 12.3 Å². The number of benzene rings is 1. The van der Waals surface area contributed by atoms with Crippen molar-refractivity contribution in [1.29, 1.82) is 0 Å². The minimum absolute atomic E-state index is 0.188. The number of rotatable bonds is 5. The van der Waals surface area contributed by atoms with Crippen LogP contribution in [-0.4, -0.2) is 25.2 Å². The van der Waals surface area contributed by atoms with Crippen LogP contribution in [0.3, 0.4) is 0 Å². The van der Waals surface area contributed by atoms with Crippen LogP contribution in [0.1, 0.15) is 26.3 Å². The van der Waals surface area contributed by atoms with E-state index in [9.17, 15) is 0 Å². The van der Waals surface area contributed by atoms with E-state index in [0.29, 0.717) is 6.61 Å². The third-order valence-electron chi connectivity index (χ3n) is 3.13. The predicted octanol–water partition coefficient (Wildman–Crippen LogP) is 4.17. The number of ether oxygens (including phenoxy) is 1. The van der Waals surface area contributed by atoms with E-state index in [1.807, 2.05) is 0 Å². The fraction of sp³-hybridized carbons (Fsp3) is 0.438. The summed E-state index contributed by atoms with van der Waals surface area (Å²) in [6.07, 6.45) is 0. The Kier molecular flexibility index (Phi) is 4.78. The van der Waals surface area contributed by atoms with Gasteiger partial charge < -0.3 is 10.1 Å². The van der Waals surface area contributed by atoms with Crippen molar-refractivity contribution < 1.29 is 4.74 Å². The van der Waals surface area contributed by atoms with E-state index in [2.05, 4.69) is 60.7 Å². The van der Waals surface area contributed by atoms with Gasteiger partial charge in [-0.25, -0.2) is 4.98 Å². The summed E-state index contributed by atoms with van der Waals surface area (Å²) in [5.41, 5.74) is 3.72. The lowest BCUT2D eigenvalue weighted by Crippen LogP contribution is -2.10. The Balaban J connectivity index is 2.08. The molecular formula is C16H22N2OS. The maximum absolute atomic E-state index is 5.01. The Labute approximate surface area is 125 Å². The zero-order valence-corrected chi connectivity index (χ0v) is 13.4. The Morgan fingerprint density at radius 1 is 1.20 bits per heavy atom. The molecule has 0 radical (unpaired) electrons. The summed E-state index contributed by atoms with van der Waals surface area (Å²) in [6.45, 7) is 8.15. The molecule has 0 atom stereocenters. The summed E-state index contributed by atoms with van der Waals surface area (Å²) in [5.74, 6) is 0. The molecule has 0 unspecified atom stereocenters. The Bertz CT molecular complexity index is 540. The highest BCUT2D eigenvalue weighted by molar-refractivity contribution is 7.14. The third kappa shape index (κ3) is 3.81. The highest BCUT2D eigenvalue weighted by atomic mass is 32.1. The Hall–Kier alpha value is -1.39. The van der Waals surface area contributed by atoms with E-state index in [1.54, 1.807) is 18.4 Å². The number of nitrogens with one attached hydrogen (secondary N) is 1. The first-order valence-corrected chi connectivity index (χ1v) is 7.68. The van der Waals surface area contributed by atoms with Crippen molar-refractivity contribution in [2.24, 2.45) is 0 Å². The second kappa shape index (κ2) is 6.37. The van der Waals surface area contributed by atoms with Gasteiger partial charge in [0, 0.05) is 24.6 Å². The molecule has 0 aliphatic heterocycles. The number of methoxy groups -OCH3 is 1. The summed E-state index contributed by atoms with van der Waals surface area (Å²) in [6, 6.07) is 8.67. The molecule has 0 aliphatic rings. The van der Waals surface area contributed by atoms with E-state index in [1.165, 1.54) is 5.56 Å². The van der Waals surface area contributed by atoms with Gasteiger partial charge in [0.2, 0.25) is 0 Å². The first kappa shape index (κ1) is 15.0. The molecule has 20 heavy (non-hydrogen) atoms. The summed E-state index contributed by atoms with van der Waals surface area (Å²) in [4.78, 5) is 4.60. The number of aromatic nitrogens is 1. The normalized spacial score (nSPS) is 11.6. The van der Waals surface area contributed by atoms with Crippen molar-refractivity contribution in [2.75, 3.05) is 25.6 Å². The molecule has 108 valence electrons. The number of hydrogen-bond acceptors (Lipinski definition) is 4. The van der Waals surface area contributed by atoms with E-state index < -0.39 is 0 Å². The molecule has 0 fully saturated rings. The maximum Gasteiger partial charge on any atom is 0.183 e. The molecule has 1 aromatic heterocycles. The van der Waals surface area contributed by atoms with Crippen molar-refractivity contribution in [1.82, 2.24) is 4.98 Å². The standard InChI is InChI=1S/C16H22N2OS/c1-16(2,3)13-7-5-12(6-8-13)14-11-20-15(18-14)17-9-10-19-4/h5-8,11H,9-10H2,1-4H3,(H,17,18). The van der Waals surface area contributed by atoms with Gasteiger partial charge in [-0.05, 0) is 11.0 Å². The molecule has 4 heteroatoms. The van der Waals surface area contributed by atoms with Gasteiger partial charge in [0.25, 0.3) is 0 Å². The first-order valence-electron chi connectivity index (χ1n) is 6.80. The molecule has 2 rings (SSSR count). The van der Waals surface area contributed by atoms with Crippen LogP contribution in [-0.2, 0) is 10.2 Å². The summed E-state index contributed by atoms with van der Waals surface area (Å²) < 4.78 is 5.01. The number of thiazole rings is 1. The van der Waals surface area contributed by atoms with Crippen LogP contribution >= 0.6 is 11.3 Å². The van der Waals surface area contributed by atoms with Crippen molar-refractivity contribution >= 4 is 16.5 Å². The molecule has 0 aliphatic carbocycles. The largest absolute Gasteiger partial charge is 0.383 e. The SMILES string of the molecule is COCCNc1nc(-c2ccc(C(C)(C)C)cc2)cs1. The molecule has 0 spiro atoms. The van der Waals surface area contributed by atoms with E-state index >= 15 is 0 Å². The molecule has 2 aromatic rings. The van der Waals surface area contributed by atoms with Crippen LogP contribution in [0.5, 0.6) is 0 Å². The molecule has 0 amide bonds. The second-order valence-electron chi connectivity index (χ2n) is 5.78. The van der Waals surface area contributed by atoms with Gasteiger partial charge in [-0.1, -0.05) is 45.0 Å². The average molecular weight is 290 g/mol. The van der Waals surface area contributed by atoms with Gasteiger partial charge in [-0.3, -0.25) is 0 Å². The van der Waals surface area contributed by atoms with Gasteiger partial charge in [-0.15, -0.1) is 11.3 Å². The number of nitrogens with zero attached hydrogens (tertiary/aromatic N) is 1. The quantitative estimate of drug-likeness (QED) is 0.839. The monoisotopic (exact) mass is 290 g/mol. The van der Waals surface area contributed by atoms with Crippen LogP contribution in [0.25, 0.3) is 11.3 Å². The molecule has 1 aromatic carbocycles. The van der Waals surface area contributed by atoms with Crippen LogP contribution in [0.2, 0.25) is 0 Å². The summed E-state index contributed by atoms with van der Waals surface area (Å²) in [7, 11) is 1.70. The maximum atomic E-state index is 5.01. The molecule has 1 N–H and O–H groups in total. The molecule has 0 saturated carbocycles. The fourth-order valence-electron chi connectivity index (χ4n) is 1.89. The highest BCUT2D eigenvalue weighted by Gasteiger charge is 2.13. The lowest BCUT2D eigenvalue weighted by atomic mass is 9.86. The van der Waals surface area contributed by atoms with E-state index in [4.69, 9.17) is 4.74 Å². The second-order valence-corrected chi connectivity index (χ2v) is 6.64. The predicted molar refractivity (Wildman–Crippen MR) is 86.6 cm³/mol. The van der Waals surface area contributed by atoms with Crippen molar-refractivity contribution in [2.45, 2.75) is 26.2 Å². The first-order chi connectivity index (χ1) is 9.50. The fourth-order valence-corrected chi connectivity index (χ4v) is 2.64. The van der Waals surface area contributed by atoms with Gasteiger partial charge >= 0.3 is 0 Å². The van der Waals surface area contributed by atoms with E-state index in [-0.39, 0.29) is 5.41 Å². The van der Waals surface area contributed by atoms with Crippen LogP contribution in [0.4, 0.5) is 5.13 Å². The van der Waals surface area contributed by atoms with Crippen LogP contribution in [0.15, 0.2) is 29.6 Å². The lowest BCUT2D eigenvalue weighted by molar-refractivity contribution is 0.211. The van der Waals surface area contributed by atoms with Gasteiger partial charge in [0.15, 0.2) is 5.13 Å².